The molecule has 2 aromatic rings. The molecule has 0 saturated carbocycles. The average molecular weight is 361 g/mol. The maximum absolute atomic E-state index is 12.2. The first-order chi connectivity index (χ1) is 8.90. The number of sulfonamides is 1. The van der Waals surface area contributed by atoms with Gasteiger partial charge in [-0.1, -0.05) is 0 Å². The van der Waals surface area contributed by atoms with Gasteiger partial charge in [-0.3, -0.25) is 0 Å². The molecule has 0 bridgehead atoms. The predicted octanol–water partition coefficient (Wildman–Crippen LogP) is 3.13. The molecule has 4 nitrogen and oxygen atoms in total. The van der Waals surface area contributed by atoms with E-state index in [1.165, 1.54) is 23.5 Å². The van der Waals surface area contributed by atoms with Gasteiger partial charge in [0.2, 0.25) is 10.0 Å². The van der Waals surface area contributed by atoms with Gasteiger partial charge in [0.25, 0.3) is 0 Å². The summed E-state index contributed by atoms with van der Waals surface area (Å²) in [6.07, 6.45) is 0. The summed E-state index contributed by atoms with van der Waals surface area (Å²) in [6, 6.07) is 6.20. The van der Waals surface area contributed by atoms with Gasteiger partial charge in [0.15, 0.2) is 0 Å². The largest absolute Gasteiger partial charge is 0.398 e. The first-order valence-electron chi connectivity index (χ1n) is 5.49. The fraction of sp³-hybridized carbons (Fsp3) is 0.167. The summed E-state index contributed by atoms with van der Waals surface area (Å²) < 4.78 is 27.8. The first-order valence-corrected chi connectivity index (χ1v) is 8.71. The van der Waals surface area contributed by atoms with Crippen molar-refractivity contribution in [2.75, 3.05) is 5.73 Å². The number of nitrogen functional groups attached to an aromatic ring is 1. The molecule has 0 amide bonds. The molecule has 1 heterocycles. The average Bonchev–Trinajstić information content (AvgIpc) is 2.85. The van der Waals surface area contributed by atoms with Gasteiger partial charge < -0.3 is 5.73 Å². The highest BCUT2D eigenvalue weighted by Gasteiger charge is 2.19. The highest BCUT2D eigenvalue weighted by molar-refractivity contribution is 9.10. The lowest BCUT2D eigenvalue weighted by Gasteiger charge is -2.13. The molecule has 1 atom stereocenters. The van der Waals surface area contributed by atoms with Crippen LogP contribution in [0.4, 0.5) is 5.69 Å². The standard InChI is InChI=1S/C12H13BrN2O2S2/c1-8(9-4-5-18-7-9)15-19(16,17)10-2-3-11(13)12(14)6-10/h2-8,15H,14H2,1H3. The van der Waals surface area contributed by atoms with Crippen LogP contribution in [-0.4, -0.2) is 8.42 Å². The topological polar surface area (TPSA) is 72.2 Å². The second kappa shape index (κ2) is 5.62. The number of nitrogens with two attached hydrogens (primary N) is 1. The zero-order chi connectivity index (χ0) is 14.0. The molecule has 1 aromatic heterocycles. The molecule has 3 N–H and O–H groups in total. The number of thiophene rings is 1. The minimum Gasteiger partial charge on any atom is -0.398 e. The summed E-state index contributed by atoms with van der Waals surface area (Å²) in [5.41, 5.74) is 7.04. The minimum absolute atomic E-state index is 0.162. The van der Waals surface area contributed by atoms with Crippen LogP contribution in [0.25, 0.3) is 0 Å². The number of anilines is 1. The van der Waals surface area contributed by atoms with Crippen molar-refractivity contribution in [1.29, 1.82) is 0 Å². The summed E-state index contributed by atoms with van der Waals surface area (Å²) in [7, 11) is -3.57. The second-order valence-corrected chi connectivity index (χ2v) is 7.43. The molecule has 0 radical (unpaired) electrons. The van der Waals surface area contributed by atoms with Crippen LogP contribution in [-0.2, 0) is 10.0 Å². The highest BCUT2D eigenvalue weighted by atomic mass is 79.9. The summed E-state index contributed by atoms with van der Waals surface area (Å²) >= 11 is 4.77. The Labute approximate surface area is 124 Å². The van der Waals surface area contributed by atoms with E-state index in [2.05, 4.69) is 20.7 Å². The fourth-order valence-corrected chi connectivity index (χ4v) is 3.85. The Kier molecular flexibility index (Phi) is 4.29. The van der Waals surface area contributed by atoms with Crippen molar-refractivity contribution in [2.45, 2.75) is 17.9 Å². The number of hydrogen-bond acceptors (Lipinski definition) is 4. The van der Waals surface area contributed by atoms with E-state index in [0.29, 0.717) is 10.2 Å². The van der Waals surface area contributed by atoms with Gasteiger partial charge >= 0.3 is 0 Å². The molecule has 0 aliphatic heterocycles. The van der Waals surface area contributed by atoms with E-state index in [0.717, 1.165) is 5.56 Å². The van der Waals surface area contributed by atoms with Crippen LogP contribution in [0.2, 0.25) is 0 Å². The van der Waals surface area contributed by atoms with Crippen LogP contribution in [0.15, 0.2) is 44.4 Å². The molecule has 0 fully saturated rings. The van der Waals surface area contributed by atoms with Crippen molar-refractivity contribution in [3.63, 3.8) is 0 Å². The second-order valence-electron chi connectivity index (χ2n) is 4.08. The molecular formula is C12H13BrN2O2S2. The maximum Gasteiger partial charge on any atom is 0.241 e. The van der Waals surface area contributed by atoms with E-state index in [1.807, 2.05) is 23.8 Å². The molecule has 0 spiro atoms. The van der Waals surface area contributed by atoms with Gasteiger partial charge in [0, 0.05) is 16.2 Å². The Balaban J connectivity index is 2.25. The van der Waals surface area contributed by atoms with E-state index < -0.39 is 10.0 Å². The highest BCUT2D eigenvalue weighted by Crippen LogP contribution is 2.24. The minimum atomic E-state index is -3.57. The van der Waals surface area contributed by atoms with Crippen molar-refractivity contribution < 1.29 is 8.42 Å². The van der Waals surface area contributed by atoms with Crippen LogP contribution in [0.3, 0.4) is 0 Å². The Bertz CT molecular complexity index is 669. The molecule has 0 aliphatic rings. The van der Waals surface area contributed by atoms with Gasteiger partial charge in [-0.25, -0.2) is 13.1 Å². The van der Waals surface area contributed by atoms with E-state index in [4.69, 9.17) is 5.73 Å². The monoisotopic (exact) mass is 360 g/mol. The van der Waals surface area contributed by atoms with Gasteiger partial charge in [0.05, 0.1) is 4.90 Å². The normalized spacial score (nSPS) is 13.4. The smallest absolute Gasteiger partial charge is 0.241 e. The van der Waals surface area contributed by atoms with Gasteiger partial charge in [-0.05, 0) is 63.4 Å². The number of nitrogens with one attached hydrogen (secondary N) is 1. The molecular weight excluding hydrogens is 348 g/mol. The van der Waals surface area contributed by atoms with Crippen molar-refractivity contribution in [3.8, 4) is 0 Å². The van der Waals surface area contributed by atoms with Crippen molar-refractivity contribution in [3.05, 3.63) is 45.1 Å². The third kappa shape index (κ3) is 3.36. The maximum atomic E-state index is 12.2. The van der Waals surface area contributed by atoms with Crippen LogP contribution < -0.4 is 10.5 Å². The zero-order valence-electron chi connectivity index (χ0n) is 10.1. The Morgan fingerprint density at radius 3 is 2.68 bits per heavy atom. The van der Waals surface area contributed by atoms with Crippen molar-refractivity contribution >= 4 is 43.0 Å². The molecule has 0 aliphatic carbocycles. The summed E-state index contributed by atoms with van der Waals surface area (Å²) in [5, 5.41) is 3.83. The molecule has 7 heteroatoms. The molecule has 0 saturated heterocycles. The molecule has 1 aromatic carbocycles. The van der Waals surface area contributed by atoms with Crippen molar-refractivity contribution in [2.24, 2.45) is 0 Å². The quantitative estimate of drug-likeness (QED) is 0.822. The zero-order valence-corrected chi connectivity index (χ0v) is 13.3. The molecule has 2 rings (SSSR count). The van der Waals surface area contributed by atoms with Crippen LogP contribution in [0, 0.1) is 0 Å². The molecule has 102 valence electrons. The van der Waals surface area contributed by atoms with Crippen LogP contribution >= 0.6 is 27.3 Å². The van der Waals surface area contributed by atoms with E-state index in [9.17, 15) is 8.42 Å². The predicted molar refractivity (Wildman–Crippen MR) is 81.6 cm³/mol. The number of benzene rings is 1. The van der Waals surface area contributed by atoms with Gasteiger partial charge in [-0.15, -0.1) is 0 Å². The third-order valence-corrected chi connectivity index (χ3v) is 5.61. The summed E-state index contributed by atoms with van der Waals surface area (Å²) in [6.45, 7) is 1.81. The number of halogens is 1. The number of rotatable bonds is 4. The van der Waals surface area contributed by atoms with E-state index in [1.54, 1.807) is 6.07 Å². The first kappa shape index (κ1) is 14.5. The summed E-state index contributed by atoms with van der Waals surface area (Å²) in [5.74, 6) is 0. The van der Waals surface area contributed by atoms with E-state index >= 15 is 0 Å². The SMILES string of the molecule is CC(NS(=O)(=O)c1ccc(Br)c(N)c1)c1ccsc1. The summed E-state index contributed by atoms with van der Waals surface area (Å²) in [4.78, 5) is 0.162. The third-order valence-electron chi connectivity index (χ3n) is 2.65. The van der Waals surface area contributed by atoms with Crippen LogP contribution in [0.5, 0.6) is 0 Å². The fourth-order valence-electron chi connectivity index (χ4n) is 1.58. The lowest BCUT2D eigenvalue weighted by atomic mass is 10.2. The number of hydrogen-bond donors (Lipinski definition) is 2. The van der Waals surface area contributed by atoms with Gasteiger partial charge in [-0.2, -0.15) is 11.3 Å². The van der Waals surface area contributed by atoms with Crippen molar-refractivity contribution in [1.82, 2.24) is 4.72 Å². The Hall–Kier alpha value is -0.890. The molecule has 19 heavy (non-hydrogen) atoms. The lowest BCUT2D eigenvalue weighted by molar-refractivity contribution is 0.567. The van der Waals surface area contributed by atoms with E-state index in [-0.39, 0.29) is 10.9 Å². The Morgan fingerprint density at radius 2 is 2.11 bits per heavy atom. The molecule has 1 unspecified atom stereocenters. The van der Waals surface area contributed by atoms with Gasteiger partial charge in [0.1, 0.15) is 0 Å². The van der Waals surface area contributed by atoms with Crippen LogP contribution in [0.1, 0.15) is 18.5 Å². The Morgan fingerprint density at radius 1 is 1.37 bits per heavy atom. The lowest BCUT2D eigenvalue weighted by Crippen LogP contribution is -2.26.